The molecule has 10 nitrogen and oxygen atoms in total. The van der Waals surface area contributed by atoms with Crippen molar-refractivity contribution >= 4 is 35.7 Å². The number of rotatable bonds is 19. The van der Waals surface area contributed by atoms with E-state index in [2.05, 4.69) is 17.6 Å². The summed E-state index contributed by atoms with van der Waals surface area (Å²) in [6, 6.07) is -2.02. The highest BCUT2D eigenvalue weighted by Crippen LogP contribution is 2.10. The number of amides is 2. The molecule has 0 aliphatic carbocycles. The molecule has 2 atom stereocenters. The molecule has 2 amide bonds. The van der Waals surface area contributed by atoms with Crippen LogP contribution in [0.25, 0.3) is 0 Å². The third-order valence-corrected chi connectivity index (χ3v) is 5.83. The quantitative estimate of drug-likeness (QED) is 0.140. The van der Waals surface area contributed by atoms with E-state index in [-0.39, 0.29) is 30.9 Å². The first-order valence-corrected chi connectivity index (χ1v) is 14.2. The van der Waals surface area contributed by atoms with E-state index < -0.39 is 35.7 Å². The molecule has 0 spiro atoms. The van der Waals surface area contributed by atoms with E-state index in [0.717, 1.165) is 25.7 Å². The lowest BCUT2D eigenvalue weighted by atomic mass is 10.1. The average Bonchev–Trinajstić information content (AvgIpc) is 2.80. The fourth-order valence-electron chi connectivity index (χ4n) is 3.00. The summed E-state index contributed by atoms with van der Waals surface area (Å²) in [6.07, 6.45) is 4.91. The zero-order valence-corrected chi connectivity index (χ0v) is 24.5. The first-order valence-electron chi connectivity index (χ1n) is 13.1. The van der Waals surface area contributed by atoms with Gasteiger partial charge in [0.25, 0.3) is 0 Å². The van der Waals surface area contributed by atoms with E-state index in [4.69, 9.17) is 18.9 Å². The highest BCUT2D eigenvalue weighted by atomic mass is 32.2. The normalized spacial score (nSPS) is 13.0. The van der Waals surface area contributed by atoms with Crippen molar-refractivity contribution in [2.24, 2.45) is 5.92 Å². The molecule has 0 aliphatic rings. The molecule has 0 bridgehead atoms. The first-order chi connectivity index (χ1) is 17.4. The van der Waals surface area contributed by atoms with Crippen LogP contribution in [0.15, 0.2) is 0 Å². The van der Waals surface area contributed by atoms with Gasteiger partial charge in [0.2, 0.25) is 5.91 Å². The summed E-state index contributed by atoms with van der Waals surface area (Å²) in [7, 11) is 1.22. The standard InChI is InChI=1S/C26H48N2O8S/c1-8-9-10-11-12-13-22(29)35-14-15-37-18-21(28-25(32)36-26(4,5)6)23(30)27-20(24(31)33-7)17-34-16-19(2)3/h19-21H,8-18H2,1-7H3,(H,27,30)(H,28,32)/t20-,21-/m0/s1. The van der Waals surface area contributed by atoms with Crippen molar-refractivity contribution in [3.63, 3.8) is 0 Å². The van der Waals surface area contributed by atoms with Gasteiger partial charge < -0.3 is 29.6 Å². The first kappa shape index (κ1) is 35.0. The van der Waals surface area contributed by atoms with E-state index >= 15 is 0 Å². The fourth-order valence-corrected chi connectivity index (χ4v) is 3.84. The second-order valence-corrected chi connectivity index (χ2v) is 11.3. The van der Waals surface area contributed by atoms with Crippen LogP contribution in [0.1, 0.15) is 80.1 Å². The average molecular weight is 549 g/mol. The number of hydrogen-bond donors (Lipinski definition) is 2. The molecule has 37 heavy (non-hydrogen) atoms. The summed E-state index contributed by atoms with van der Waals surface area (Å²) in [5, 5.41) is 5.16. The van der Waals surface area contributed by atoms with Gasteiger partial charge in [-0.3, -0.25) is 9.59 Å². The molecule has 0 heterocycles. The molecule has 0 aliphatic heterocycles. The number of hydrogen-bond acceptors (Lipinski definition) is 9. The van der Waals surface area contributed by atoms with Crippen molar-refractivity contribution < 1.29 is 38.1 Å². The van der Waals surface area contributed by atoms with Crippen LogP contribution < -0.4 is 10.6 Å². The molecule has 0 saturated heterocycles. The Hall–Kier alpha value is -2.01. The number of carbonyl (C=O) groups excluding carboxylic acids is 4. The fraction of sp³-hybridized carbons (Fsp3) is 0.846. The molecule has 0 rings (SSSR count). The zero-order valence-electron chi connectivity index (χ0n) is 23.7. The van der Waals surface area contributed by atoms with Gasteiger partial charge in [-0.2, -0.15) is 11.8 Å². The number of unbranched alkanes of at least 4 members (excludes halogenated alkanes) is 4. The maximum absolute atomic E-state index is 13.0. The Kier molecular flexibility index (Phi) is 18.9. The van der Waals surface area contributed by atoms with Gasteiger partial charge in [-0.05, 0) is 33.1 Å². The molecular formula is C26H48N2O8S. The molecule has 0 fully saturated rings. The Morgan fingerprint density at radius 1 is 0.919 bits per heavy atom. The highest BCUT2D eigenvalue weighted by molar-refractivity contribution is 7.99. The lowest BCUT2D eigenvalue weighted by Gasteiger charge is -2.25. The summed E-state index contributed by atoms with van der Waals surface area (Å²) in [5.41, 5.74) is -0.748. The highest BCUT2D eigenvalue weighted by Gasteiger charge is 2.29. The van der Waals surface area contributed by atoms with Gasteiger partial charge in [-0.15, -0.1) is 0 Å². The molecule has 0 aromatic rings. The summed E-state index contributed by atoms with van der Waals surface area (Å²) in [5.74, 6) is -0.587. The summed E-state index contributed by atoms with van der Waals surface area (Å²) >= 11 is 1.33. The number of thioether (sulfide) groups is 1. The predicted molar refractivity (Wildman–Crippen MR) is 144 cm³/mol. The van der Waals surface area contributed by atoms with Crippen LogP contribution >= 0.6 is 11.8 Å². The molecule has 0 radical (unpaired) electrons. The van der Waals surface area contributed by atoms with E-state index in [1.54, 1.807) is 20.8 Å². The Morgan fingerprint density at radius 3 is 2.19 bits per heavy atom. The van der Waals surface area contributed by atoms with Gasteiger partial charge in [0.15, 0.2) is 6.04 Å². The monoisotopic (exact) mass is 548 g/mol. The van der Waals surface area contributed by atoms with Crippen LogP contribution in [0, 0.1) is 5.92 Å². The minimum absolute atomic E-state index is 0.0582. The van der Waals surface area contributed by atoms with Crippen molar-refractivity contribution in [2.45, 2.75) is 97.8 Å². The number of carbonyl (C=O) groups is 4. The lowest BCUT2D eigenvalue weighted by Crippen LogP contribution is -2.54. The van der Waals surface area contributed by atoms with Crippen LogP contribution in [-0.2, 0) is 33.3 Å². The Morgan fingerprint density at radius 2 is 1.59 bits per heavy atom. The second kappa shape index (κ2) is 20.0. The lowest BCUT2D eigenvalue weighted by molar-refractivity contribution is -0.147. The molecule has 216 valence electrons. The van der Waals surface area contributed by atoms with Gasteiger partial charge in [0, 0.05) is 24.5 Å². The third-order valence-electron chi connectivity index (χ3n) is 4.81. The van der Waals surface area contributed by atoms with Crippen LogP contribution in [0.5, 0.6) is 0 Å². The van der Waals surface area contributed by atoms with Crippen molar-refractivity contribution in [1.29, 1.82) is 0 Å². The van der Waals surface area contributed by atoms with Gasteiger partial charge in [-0.1, -0.05) is 46.5 Å². The minimum Gasteiger partial charge on any atom is -0.467 e. The van der Waals surface area contributed by atoms with Crippen LogP contribution in [0.4, 0.5) is 4.79 Å². The molecule has 0 aromatic heterocycles. The molecule has 0 saturated carbocycles. The minimum atomic E-state index is -1.03. The Labute approximate surface area is 226 Å². The SMILES string of the molecule is CCCCCCCC(=O)OCCSC[C@H](NC(=O)OC(C)(C)C)C(=O)N[C@@H](COCC(C)C)C(=O)OC. The maximum atomic E-state index is 13.0. The largest absolute Gasteiger partial charge is 0.467 e. The second-order valence-electron chi connectivity index (χ2n) is 10.2. The number of methoxy groups -OCH3 is 1. The Bertz CT molecular complexity index is 682. The summed E-state index contributed by atoms with van der Waals surface area (Å²) < 4.78 is 20.8. The van der Waals surface area contributed by atoms with Gasteiger partial charge >= 0.3 is 18.0 Å². The number of ether oxygens (including phenoxy) is 4. The van der Waals surface area contributed by atoms with Crippen molar-refractivity contribution in [3.8, 4) is 0 Å². The predicted octanol–water partition coefficient (Wildman–Crippen LogP) is 3.85. The van der Waals surface area contributed by atoms with Crippen LogP contribution in [0.2, 0.25) is 0 Å². The van der Waals surface area contributed by atoms with E-state index in [9.17, 15) is 19.2 Å². The van der Waals surface area contributed by atoms with E-state index in [1.165, 1.54) is 25.3 Å². The molecule has 2 N–H and O–H groups in total. The van der Waals surface area contributed by atoms with Crippen LogP contribution in [-0.4, -0.2) is 80.1 Å². The van der Waals surface area contributed by atoms with Gasteiger partial charge in [-0.25, -0.2) is 9.59 Å². The summed E-state index contributed by atoms with van der Waals surface area (Å²) in [4.78, 5) is 49.4. The number of esters is 2. The topological polar surface area (TPSA) is 129 Å². The van der Waals surface area contributed by atoms with Crippen molar-refractivity contribution in [3.05, 3.63) is 0 Å². The van der Waals surface area contributed by atoms with E-state index in [0.29, 0.717) is 18.8 Å². The van der Waals surface area contributed by atoms with Crippen molar-refractivity contribution in [2.75, 3.05) is 38.4 Å². The zero-order chi connectivity index (χ0) is 28.3. The smallest absolute Gasteiger partial charge is 0.408 e. The molecule has 0 unspecified atom stereocenters. The van der Waals surface area contributed by atoms with Gasteiger partial charge in [0.1, 0.15) is 18.2 Å². The maximum Gasteiger partial charge on any atom is 0.408 e. The molecule has 11 heteroatoms. The Balaban J connectivity index is 4.87. The van der Waals surface area contributed by atoms with Crippen molar-refractivity contribution in [1.82, 2.24) is 10.6 Å². The molecule has 0 aromatic carbocycles. The number of alkyl carbamates (subject to hydrolysis) is 1. The van der Waals surface area contributed by atoms with Crippen LogP contribution in [0.3, 0.4) is 0 Å². The molecular weight excluding hydrogens is 500 g/mol. The van der Waals surface area contributed by atoms with Gasteiger partial charge in [0.05, 0.1) is 13.7 Å². The summed E-state index contributed by atoms with van der Waals surface area (Å²) in [6.45, 7) is 11.8. The third kappa shape index (κ3) is 19.7. The van der Waals surface area contributed by atoms with E-state index in [1.807, 2.05) is 13.8 Å². The number of nitrogens with one attached hydrogen (secondary N) is 2.